The summed E-state index contributed by atoms with van der Waals surface area (Å²) in [6, 6.07) is 12.1. The molecule has 0 aromatic heterocycles. The Balaban J connectivity index is 1.14. The molecule has 2 aromatic rings. The lowest BCUT2D eigenvalue weighted by atomic mass is 9.52. The molecule has 226 valence electrons. The summed E-state index contributed by atoms with van der Waals surface area (Å²) >= 11 is 0. The summed E-state index contributed by atoms with van der Waals surface area (Å²) < 4.78 is 5.74. The van der Waals surface area contributed by atoms with Crippen LogP contribution in [-0.2, 0) is 33.3 Å². The fourth-order valence-corrected chi connectivity index (χ4v) is 9.90. The number of phenols is 1. The number of carbonyl (C=O) groups excluding carboxylic acids is 2. The van der Waals surface area contributed by atoms with Crippen molar-refractivity contribution in [2.45, 2.75) is 89.9 Å². The molecule has 42 heavy (non-hydrogen) atoms. The highest BCUT2D eigenvalue weighted by Gasteiger charge is 2.52. The third-order valence-electron chi connectivity index (χ3n) is 12.3. The Morgan fingerprint density at radius 2 is 1.36 bits per heavy atom. The maximum absolute atomic E-state index is 13.7. The van der Waals surface area contributed by atoms with Crippen LogP contribution in [0, 0.1) is 35.5 Å². The minimum Gasteiger partial charge on any atom is -0.508 e. The van der Waals surface area contributed by atoms with Gasteiger partial charge in [-0.15, -0.1) is 0 Å². The predicted molar refractivity (Wildman–Crippen MR) is 162 cm³/mol. The summed E-state index contributed by atoms with van der Waals surface area (Å²) in [6.07, 6.45) is 7.30. The maximum atomic E-state index is 13.7. The molecule has 0 unspecified atom stereocenters. The molecule has 0 bridgehead atoms. The van der Waals surface area contributed by atoms with E-state index in [0.717, 1.165) is 57.1 Å². The number of nitrogens with one attached hydrogen (secondary N) is 1. The Morgan fingerprint density at radius 1 is 0.833 bits per heavy atom. The molecule has 8 atom stereocenters. The molecule has 3 N–H and O–H groups in total. The molecule has 2 amide bonds. The molecule has 4 aliphatic carbocycles. The lowest BCUT2D eigenvalue weighted by Crippen LogP contribution is -2.53. The first-order valence-corrected chi connectivity index (χ1v) is 16.1. The van der Waals surface area contributed by atoms with Crippen molar-refractivity contribution in [1.82, 2.24) is 5.32 Å². The molecular formula is C36H47NO5. The molecule has 0 radical (unpaired) electrons. The fraction of sp³-hybridized carbons (Fsp3) is 0.611. The Kier molecular flexibility index (Phi) is 7.66. The number of hydrogen-bond donors (Lipinski definition) is 3. The number of phenolic OH excluding ortho intramolecular Hbond substituents is 1. The van der Waals surface area contributed by atoms with Crippen LogP contribution in [0.2, 0.25) is 0 Å². The monoisotopic (exact) mass is 573 g/mol. The van der Waals surface area contributed by atoms with Gasteiger partial charge in [0, 0.05) is 11.8 Å². The van der Waals surface area contributed by atoms with Gasteiger partial charge >= 0.3 is 0 Å². The molecule has 0 spiro atoms. The Bertz CT molecular complexity index is 1370. The molecule has 2 aromatic carbocycles. The molecule has 0 heterocycles. The molecule has 4 aliphatic rings. The highest BCUT2D eigenvalue weighted by molar-refractivity contribution is 5.97. The zero-order chi connectivity index (χ0) is 29.8. The topological polar surface area (TPSA) is 95.9 Å². The minimum absolute atomic E-state index is 0.0123. The number of imide groups is 1. The summed E-state index contributed by atoms with van der Waals surface area (Å²) in [5, 5.41) is 22.3. The third-order valence-corrected chi connectivity index (χ3v) is 12.3. The van der Waals surface area contributed by atoms with Gasteiger partial charge in [0.25, 0.3) is 0 Å². The highest BCUT2D eigenvalue weighted by atomic mass is 16.5. The van der Waals surface area contributed by atoms with Crippen LogP contribution in [0.5, 0.6) is 11.5 Å². The molecule has 6 nitrogen and oxygen atoms in total. The summed E-state index contributed by atoms with van der Waals surface area (Å²) in [5.74, 6) is 1.58. The van der Waals surface area contributed by atoms with E-state index in [0.29, 0.717) is 17.6 Å². The first-order chi connectivity index (χ1) is 20.1. The van der Waals surface area contributed by atoms with Crippen molar-refractivity contribution in [3.63, 3.8) is 0 Å². The van der Waals surface area contributed by atoms with Gasteiger partial charge < -0.3 is 14.9 Å². The average Bonchev–Trinajstić information content (AvgIpc) is 2.96. The SMILES string of the molecule is C[C@@H]1[C@@H](C(=O)NC(=O)[C@H]2CC[C@]3(C)c4cc(OCCO)ccc4CC[C@H]3[C@@H]2C)CC[C@]2(C)c3cc(O)ccc3CC[C@@H]12. The number of aryl methyl sites for hydroxylation is 2. The number of benzene rings is 2. The molecule has 2 saturated carbocycles. The fourth-order valence-electron chi connectivity index (χ4n) is 9.90. The third kappa shape index (κ3) is 4.74. The molecule has 0 saturated heterocycles. The van der Waals surface area contributed by atoms with Gasteiger partial charge in [-0.05, 0) is 132 Å². The molecule has 6 heteroatoms. The summed E-state index contributed by atoms with van der Waals surface area (Å²) in [7, 11) is 0. The van der Waals surface area contributed by atoms with Crippen LogP contribution in [0.1, 0.15) is 88.5 Å². The van der Waals surface area contributed by atoms with Crippen molar-refractivity contribution in [2.24, 2.45) is 35.5 Å². The molecular weight excluding hydrogens is 526 g/mol. The number of rotatable bonds is 5. The van der Waals surface area contributed by atoms with Crippen molar-refractivity contribution in [3.05, 3.63) is 58.7 Å². The summed E-state index contributed by atoms with van der Waals surface area (Å²) in [4.78, 5) is 27.4. The second-order valence-electron chi connectivity index (χ2n) is 14.2. The normalized spacial score (nSPS) is 35.2. The van der Waals surface area contributed by atoms with E-state index in [1.165, 1.54) is 22.3 Å². The minimum atomic E-state index is -0.172. The first kappa shape index (κ1) is 29.2. The second kappa shape index (κ2) is 11.0. The number of aliphatic hydroxyl groups excluding tert-OH is 1. The van der Waals surface area contributed by atoms with Crippen LogP contribution in [0.25, 0.3) is 0 Å². The van der Waals surface area contributed by atoms with Gasteiger partial charge in [-0.25, -0.2) is 0 Å². The molecule has 6 rings (SSSR count). The van der Waals surface area contributed by atoms with E-state index < -0.39 is 0 Å². The van der Waals surface area contributed by atoms with E-state index in [1.807, 2.05) is 12.1 Å². The van der Waals surface area contributed by atoms with Crippen molar-refractivity contribution < 1.29 is 24.5 Å². The average molecular weight is 574 g/mol. The zero-order valence-corrected chi connectivity index (χ0v) is 25.6. The molecule has 0 aliphatic heterocycles. The largest absolute Gasteiger partial charge is 0.508 e. The number of aromatic hydroxyl groups is 1. The van der Waals surface area contributed by atoms with Crippen molar-refractivity contribution in [3.8, 4) is 11.5 Å². The summed E-state index contributed by atoms with van der Waals surface area (Å²) in [5.41, 5.74) is 5.12. The van der Waals surface area contributed by atoms with Crippen LogP contribution in [-0.4, -0.2) is 35.2 Å². The van der Waals surface area contributed by atoms with Gasteiger partial charge in [0.1, 0.15) is 18.1 Å². The number of amides is 2. The number of aliphatic hydroxyl groups is 1. The summed E-state index contributed by atoms with van der Waals surface area (Å²) in [6.45, 7) is 9.30. The smallest absolute Gasteiger partial charge is 0.229 e. The van der Waals surface area contributed by atoms with Gasteiger partial charge in [0.05, 0.1) is 6.61 Å². The van der Waals surface area contributed by atoms with E-state index in [-0.39, 0.29) is 59.5 Å². The van der Waals surface area contributed by atoms with E-state index in [1.54, 1.807) is 6.07 Å². The maximum Gasteiger partial charge on any atom is 0.229 e. The Labute approximate surface area is 250 Å². The van der Waals surface area contributed by atoms with Gasteiger partial charge in [-0.2, -0.15) is 0 Å². The van der Waals surface area contributed by atoms with Crippen LogP contribution >= 0.6 is 0 Å². The van der Waals surface area contributed by atoms with Crippen molar-refractivity contribution in [2.75, 3.05) is 13.2 Å². The van der Waals surface area contributed by atoms with Gasteiger partial charge in [0.2, 0.25) is 11.8 Å². The lowest BCUT2D eigenvalue weighted by molar-refractivity contribution is -0.140. The zero-order valence-electron chi connectivity index (χ0n) is 25.6. The molecule has 2 fully saturated rings. The van der Waals surface area contributed by atoms with E-state index in [2.05, 4.69) is 51.2 Å². The first-order valence-electron chi connectivity index (χ1n) is 16.1. The van der Waals surface area contributed by atoms with E-state index in [9.17, 15) is 19.8 Å². The van der Waals surface area contributed by atoms with Crippen LogP contribution in [0.15, 0.2) is 36.4 Å². The van der Waals surface area contributed by atoms with Gasteiger partial charge in [0.15, 0.2) is 0 Å². The predicted octanol–water partition coefficient (Wildman–Crippen LogP) is 5.84. The van der Waals surface area contributed by atoms with Gasteiger partial charge in [-0.3, -0.25) is 14.9 Å². The number of hydrogen-bond acceptors (Lipinski definition) is 5. The Morgan fingerprint density at radius 3 is 1.90 bits per heavy atom. The van der Waals surface area contributed by atoms with Gasteiger partial charge in [-0.1, -0.05) is 39.8 Å². The highest BCUT2D eigenvalue weighted by Crippen LogP contribution is 2.56. The van der Waals surface area contributed by atoms with E-state index >= 15 is 0 Å². The van der Waals surface area contributed by atoms with Crippen LogP contribution < -0.4 is 10.1 Å². The second-order valence-corrected chi connectivity index (χ2v) is 14.2. The van der Waals surface area contributed by atoms with E-state index in [4.69, 9.17) is 4.74 Å². The number of ether oxygens (including phenoxy) is 1. The standard InChI is InChI=1S/C36H47NO5/c1-21-27(13-15-35(3)29(21)11-7-23-5-9-25(39)19-31(23)35)33(40)37-34(41)28-14-16-36(4)30(22(28)2)12-8-24-6-10-26(20-32(24)36)42-18-17-38/h5-6,9-10,19-22,27-30,38-39H,7-8,11-18H2,1-4H3,(H,37,40,41)/t21-,22-,27+,28+,29+,30+,35+,36+/m1/s1. The quantitative estimate of drug-likeness (QED) is 0.391. The van der Waals surface area contributed by atoms with Crippen molar-refractivity contribution >= 4 is 11.8 Å². The van der Waals surface area contributed by atoms with Crippen LogP contribution in [0.3, 0.4) is 0 Å². The van der Waals surface area contributed by atoms with Crippen molar-refractivity contribution in [1.29, 1.82) is 0 Å². The number of carbonyl (C=O) groups is 2. The van der Waals surface area contributed by atoms with Crippen LogP contribution in [0.4, 0.5) is 0 Å². The Hall–Kier alpha value is -2.86. The lowest BCUT2D eigenvalue weighted by Gasteiger charge is -2.52. The number of fused-ring (bicyclic) bond motifs is 6.